The third kappa shape index (κ3) is 5.99. The van der Waals surface area contributed by atoms with Gasteiger partial charge in [0.05, 0.1) is 6.17 Å². The topological polar surface area (TPSA) is 41.3 Å². The molecule has 0 aromatic heterocycles. The number of halogens is 1. The molecule has 3 nitrogen and oxygen atoms in total. The van der Waals surface area contributed by atoms with E-state index in [4.69, 9.17) is 5.73 Å². The summed E-state index contributed by atoms with van der Waals surface area (Å²) in [7, 11) is 0. The Morgan fingerprint density at radius 3 is 2.22 bits per heavy atom. The van der Waals surface area contributed by atoms with Gasteiger partial charge in [0.1, 0.15) is 0 Å². The quantitative estimate of drug-likeness (QED) is 0.109. The highest BCUT2D eigenvalue weighted by atomic mass is 127. The Balaban J connectivity index is 1.59. The lowest BCUT2D eigenvalue weighted by Gasteiger charge is -2.33. The monoisotopic (exact) mass is 533 g/mol. The molecule has 1 aliphatic rings. The van der Waals surface area contributed by atoms with Crippen molar-refractivity contribution in [1.29, 1.82) is 0 Å². The van der Waals surface area contributed by atoms with Crippen molar-refractivity contribution in [3.8, 4) is 11.1 Å². The summed E-state index contributed by atoms with van der Waals surface area (Å²) >= 11 is 2.47. The molecule has 0 radical (unpaired) electrons. The number of nitrogen functional groups attached to an aromatic ring is 1. The molecule has 4 rings (SSSR count). The largest absolute Gasteiger partial charge is 0.399 e. The minimum Gasteiger partial charge on any atom is -0.399 e. The van der Waals surface area contributed by atoms with Crippen molar-refractivity contribution in [3.05, 3.63) is 120 Å². The molecule has 162 valence electrons. The lowest BCUT2D eigenvalue weighted by molar-refractivity contribution is 0.172. The van der Waals surface area contributed by atoms with Gasteiger partial charge in [0.25, 0.3) is 0 Å². The Kier molecular flexibility index (Phi) is 7.97. The molecule has 1 unspecified atom stereocenters. The Hall–Kier alpha value is -2.63. The summed E-state index contributed by atoms with van der Waals surface area (Å²) in [4.78, 5) is 2.52. The fraction of sp³-hybridized carbons (Fsp3) is 0.179. The summed E-state index contributed by atoms with van der Waals surface area (Å²) in [5, 5.41) is 3.80. The second-order valence-electron chi connectivity index (χ2n) is 7.89. The number of alkyl halides is 1. The molecule has 3 N–H and O–H groups in total. The van der Waals surface area contributed by atoms with E-state index in [1.54, 1.807) is 0 Å². The van der Waals surface area contributed by atoms with Crippen LogP contribution in [0.5, 0.6) is 0 Å². The van der Waals surface area contributed by atoms with Gasteiger partial charge in [-0.05, 0) is 58.2 Å². The molecule has 0 bridgehead atoms. The standard InChI is InChI=1S/C28H28IN3/c29-18-19-32(21-23-8-2-1-3-9-23)28(31-20-22-6-4-5-7-22)26-12-10-24(11-13-26)25-14-16-27(30)17-15-25/h1-4,6-17,28,31H,18-21,30H2. The SMILES string of the molecule is Nc1ccc(-c2ccc(C(NCC3=CC=C=C3)N(CCI)Cc3ccccc3)cc2)cc1. The van der Waals surface area contributed by atoms with Gasteiger partial charge in [-0.15, -0.1) is 5.73 Å². The van der Waals surface area contributed by atoms with Crippen LogP contribution in [0.1, 0.15) is 17.3 Å². The van der Waals surface area contributed by atoms with Crippen molar-refractivity contribution >= 4 is 28.3 Å². The highest BCUT2D eigenvalue weighted by Crippen LogP contribution is 2.26. The van der Waals surface area contributed by atoms with E-state index in [-0.39, 0.29) is 6.17 Å². The molecule has 3 aromatic rings. The molecule has 0 aliphatic heterocycles. The number of nitrogens with two attached hydrogens (primary N) is 1. The minimum absolute atomic E-state index is 0.111. The lowest BCUT2D eigenvalue weighted by Crippen LogP contribution is -2.39. The zero-order valence-corrected chi connectivity index (χ0v) is 20.2. The van der Waals surface area contributed by atoms with Crippen LogP contribution in [-0.2, 0) is 6.54 Å². The van der Waals surface area contributed by atoms with E-state index >= 15 is 0 Å². The number of anilines is 1. The fourth-order valence-corrected chi connectivity index (χ4v) is 4.52. The van der Waals surface area contributed by atoms with E-state index < -0.39 is 0 Å². The molecule has 32 heavy (non-hydrogen) atoms. The average molecular weight is 533 g/mol. The average Bonchev–Trinajstić information content (AvgIpc) is 3.35. The van der Waals surface area contributed by atoms with Crippen LogP contribution >= 0.6 is 22.6 Å². The number of hydrogen-bond donors (Lipinski definition) is 2. The number of rotatable bonds is 10. The van der Waals surface area contributed by atoms with Gasteiger partial charge in [-0.1, -0.05) is 89.3 Å². The van der Waals surface area contributed by atoms with Gasteiger partial charge >= 0.3 is 0 Å². The molecule has 4 heteroatoms. The second kappa shape index (κ2) is 11.3. The number of hydrogen-bond acceptors (Lipinski definition) is 3. The maximum absolute atomic E-state index is 5.85. The first-order chi connectivity index (χ1) is 15.7. The number of nitrogens with zero attached hydrogens (tertiary/aromatic N) is 1. The van der Waals surface area contributed by atoms with Crippen LogP contribution in [0.3, 0.4) is 0 Å². The van der Waals surface area contributed by atoms with E-state index in [1.165, 1.54) is 27.8 Å². The zero-order chi connectivity index (χ0) is 22.2. The predicted octanol–water partition coefficient (Wildman–Crippen LogP) is 6.11. The third-order valence-corrected chi connectivity index (χ3v) is 6.08. The Morgan fingerprint density at radius 2 is 1.59 bits per heavy atom. The Labute approximate surface area is 204 Å². The van der Waals surface area contributed by atoms with E-state index in [2.05, 4.69) is 111 Å². The Bertz CT molecular complexity index is 1100. The maximum Gasteiger partial charge on any atom is 0.0866 e. The molecule has 3 aromatic carbocycles. The van der Waals surface area contributed by atoms with Crippen molar-refractivity contribution in [3.63, 3.8) is 0 Å². The summed E-state index contributed by atoms with van der Waals surface area (Å²) < 4.78 is 1.07. The van der Waals surface area contributed by atoms with Gasteiger partial charge in [-0.25, -0.2) is 0 Å². The van der Waals surface area contributed by atoms with Gasteiger partial charge in [-0.2, -0.15) is 0 Å². The summed E-state index contributed by atoms with van der Waals surface area (Å²) in [6, 6.07) is 27.6. The van der Waals surface area contributed by atoms with Crippen LogP contribution in [-0.4, -0.2) is 22.4 Å². The molecule has 0 amide bonds. The lowest BCUT2D eigenvalue weighted by atomic mass is 10.0. The molecule has 0 saturated heterocycles. The summed E-state index contributed by atoms with van der Waals surface area (Å²) in [6.45, 7) is 2.70. The first kappa shape index (κ1) is 22.6. The summed E-state index contributed by atoms with van der Waals surface area (Å²) in [5.41, 5.74) is 16.0. The molecule has 0 saturated carbocycles. The van der Waals surface area contributed by atoms with Crippen molar-refractivity contribution in [2.75, 3.05) is 23.3 Å². The van der Waals surface area contributed by atoms with Crippen molar-refractivity contribution in [2.24, 2.45) is 0 Å². The van der Waals surface area contributed by atoms with Crippen molar-refractivity contribution in [1.82, 2.24) is 10.2 Å². The molecular formula is C28H28IN3. The maximum atomic E-state index is 5.85. The second-order valence-corrected chi connectivity index (χ2v) is 8.97. The smallest absolute Gasteiger partial charge is 0.0866 e. The normalized spacial score (nSPS) is 13.5. The molecular weight excluding hydrogens is 505 g/mol. The zero-order valence-electron chi connectivity index (χ0n) is 18.0. The fourth-order valence-electron chi connectivity index (χ4n) is 3.90. The van der Waals surface area contributed by atoms with Crippen LogP contribution in [0.2, 0.25) is 0 Å². The number of nitrogens with one attached hydrogen (secondary N) is 1. The van der Waals surface area contributed by atoms with E-state index in [0.717, 1.165) is 29.7 Å². The number of allylic oxidation sites excluding steroid dienone is 1. The third-order valence-electron chi connectivity index (χ3n) is 5.60. The molecule has 0 fully saturated rings. The molecule has 1 atom stereocenters. The van der Waals surface area contributed by atoms with Gasteiger partial charge in [-0.3, -0.25) is 10.2 Å². The number of benzene rings is 3. The van der Waals surface area contributed by atoms with Crippen LogP contribution in [0, 0.1) is 0 Å². The van der Waals surface area contributed by atoms with Gasteiger partial charge < -0.3 is 5.73 Å². The van der Waals surface area contributed by atoms with Crippen LogP contribution in [0.15, 0.2) is 108 Å². The van der Waals surface area contributed by atoms with E-state index in [0.29, 0.717) is 0 Å². The summed E-state index contributed by atoms with van der Waals surface area (Å²) in [6.07, 6.45) is 6.25. The van der Waals surface area contributed by atoms with Gasteiger partial charge in [0.2, 0.25) is 0 Å². The van der Waals surface area contributed by atoms with E-state index in [9.17, 15) is 0 Å². The van der Waals surface area contributed by atoms with Crippen LogP contribution in [0.25, 0.3) is 11.1 Å². The molecule has 0 heterocycles. The van der Waals surface area contributed by atoms with E-state index in [1.807, 2.05) is 24.3 Å². The van der Waals surface area contributed by atoms with Crippen molar-refractivity contribution in [2.45, 2.75) is 12.7 Å². The van der Waals surface area contributed by atoms with Crippen molar-refractivity contribution < 1.29 is 0 Å². The van der Waals surface area contributed by atoms with Gasteiger partial charge in [0.15, 0.2) is 0 Å². The highest BCUT2D eigenvalue weighted by molar-refractivity contribution is 14.1. The van der Waals surface area contributed by atoms with Crippen LogP contribution in [0.4, 0.5) is 5.69 Å². The predicted molar refractivity (Wildman–Crippen MR) is 144 cm³/mol. The molecule has 1 aliphatic carbocycles. The minimum atomic E-state index is 0.111. The summed E-state index contributed by atoms with van der Waals surface area (Å²) in [5.74, 6) is 0. The first-order valence-corrected chi connectivity index (χ1v) is 12.4. The highest BCUT2D eigenvalue weighted by Gasteiger charge is 2.20. The van der Waals surface area contributed by atoms with Gasteiger partial charge in [0, 0.05) is 29.7 Å². The molecule has 0 spiro atoms. The first-order valence-electron chi connectivity index (χ1n) is 10.9. The Morgan fingerprint density at radius 1 is 0.906 bits per heavy atom. The van der Waals surface area contributed by atoms with Crippen LogP contribution < -0.4 is 11.1 Å².